The molecule has 0 aromatic rings. The lowest BCUT2D eigenvalue weighted by Crippen LogP contribution is -2.40. The summed E-state index contributed by atoms with van der Waals surface area (Å²) in [5.74, 6) is 0.0802. The van der Waals surface area contributed by atoms with Gasteiger partial charge < -0.3 is 16.0 Å². The van der Waals surface area contributed by atoms with E-state index in [9.17, 15) is 9.59 Å². The number of rotatable bonds is 6. The molecule has 0 aromatic heterocycles. The van der Waals surface area contributed by atoms with Crippen LogP contribution in [0.25, 0.3) is 0 Å². The molecule has 0 spiro atoms. The smallest absolute Gasteiger partial charge is 0.225 e. The third kappa shape index (κ3) is 6.00. The first-order chi connectivity index (χ1) is 8.20. The van der Waals surface area contributed by atoms with Crippen LogP contribution in [-0.2, 0) is 9.59 Å². The van der Waals surface area contributed by atoms with Crippen molar-refractivity contribution in [1.82, 2.24) is 10.2 Å². The van der Waals surface area contributed by atoms with E-state index in [1.54, 1.807) is 11.9 Å². The Morgan fingerprint density at radius 2 is 1.89 bits per heavy atom. The molecule has 2 amide bonds. The van der Waals surface area contributed by atoms with Crippen LogP contribution in [0.1, 0.15) is 40.5 Å². The van der Waals surface area contributed by atoms with Crippen molar-refractivity contribution in [2.45, 2.75) is 46.6 Å². The number of nitrogens with two attached hydrogens (primary N) is 1. The average molecular weight is 257 g/mol. The summed E-state index contributed by atoms with van der Waals surface area (Å²) in [5.41, 5.74) is 5.12. The van der Waals surface area contributed by atoms with Gasteiger partial charge in [-0.15, -0.1) is 0 Å². The summed E-state index contributed by atoms with van der Waals surface area (Å²) in [6.07, 6.45) is 1.09. The topological polar surface area (TPSA) is 75.4 Å². The molecule has 5 heteroatoms. The monoisotopic (exact) mass is 257 g/mol. The van der Waals surface area contributed by atoms with Gasteiger partial charge in [-0.1, -0.05) is 20.8 Å². The van der Waals surface area contributed by atoms with Crippen LogP contribution in [0.5, 0.6) is 0 Å². The highest BCUT2D eigenvalue weighted by Crippen LogP contribution is 2.12. The van der Waals surface area contributed by atoms with Crippen molar-refractivity contribution >= 4 is 11.8 Å². The van der Waals surface area contributed by atoms with Crippen molar-refractivity contribution in [1.29, 1.82) is 0 Å². The molecule has 0 saturated heterocycles. The molecule has 106 valence electrons. The minimum atomic E-state index is -0.380. The van der Waals surface area contributed by atoms with Crippen molar-refractivity contribution in [2.24, 2.45) is 11.1 Å². The Hall–Kier alpha value is -1.10. The highest BCUT2D eigenvalue weighted by atomic mass is 16.2. The summed E-state index contributed by atoms with van der Waals surface area (Å²) < 4.78 is 0. The summed E-state index contributed by atoms with van der Waals surface area (Å²) in [5, 5.41) is 2.83. The van der Waals surface area contributed by atoms with Gasteiger partial charge in [0.2, 0.25) is 11.8 Å². The maximum Gasteiger partial charge on any atom is 0.225 e. The van der Waals surface area contributed by atoms with Crippen LogP contribution in [0.15, 0.2) is 0 Å². The maximum absolute atomic E-state index is 11.7. The predicted molar refractivity (Wildman–Crippen MR) is 73.0 cm³/mol. The Bertz CT molecular complexity index is 284. The van der Waals surface area contributed by atoms with Gasteiger partial charge in [-0.25, -0.2) is 0 Å². The first kappa shape index (κ1) is 16.9. The molecule has 0 heterocycles. The van der Waals surface area contributed by atoms with E-state index in [-0.39, 0.29) is 23.3 Å². The number of hydrogen-bond acceptors (Lipinski definition) is 3. The van der Waals surface area contributed by atoms with E-state index in [0.717, 1.165) is 0 Å². The lowest BCUT2D eigenvalue weighted by atomic mass is 9.96. The molecular weight excluding hydrogens is 230 g/mol. The molecule has 1 unspecified atom stereocenters. The first-order valence-electron chi connectivity index (χ1n) is 6.44. The van der Waals surface area contributed by atoms with Gasteiger partial charge in [0, 0.05) is 38.0 Å². The Kier molecular flexibility index (Phi) is 6.91. The van der Waals surface area contributed by atoms with E-state index < -0.39 is 0 Å². The van der Waals surface area contributed by atoms with Crippen LogP contribution in [0.2, 0.25) is 0 Å². The fourth-order valence-corrected chi connectivity index (χ4v) is 1.29. The van der Waals surface area contributed by atoms with Gasteiger partial charge in [0.1, 0.15) is 0 Å². The fraction of sp³-hybridized carbons (Fsp3) is 0.846. The summed E-state index contributed by atoms with van der Waals surface area (Å²) in [6.45, 7) is 8.51. The van der Waals surface area contributed by atoms with E-state index in [2.05, 4.69) is 5.32 Å². The second-order valence-corrected chi connectivity index (χ2v) is 5.70. The summed E-state index contributed by atoms with van der Waals surface area (Å²) in [6, 6.07) is 0.0571. The summed E-state index contributed by atoms with van der Waals surface area (Å²) in [7, 11) is 1.76. The van der Waals surface area contributed by atoms with Crippen LogP contribution >= 0.6 is 0 Å². The molecule has 0 aliphatic heterocycles. The van der Waals surface area contributed by atoms with E-state index in [4.69, 9.17) is 5.73 Å². The van der Waals surface area contributed by atoms with Gasteiger partial charge >= 0.3 is 0 Å². The molecule has 5 nitrogen and oxygen atoms in total. The molecule has 0 saturated carbocycles. The van der Waals surface area contributed by atoms with Crippen molar-refractivity contribution in [3.63, 3.8) is 0 Å². The van der Waals surface area contributed by atoms with Crippen molar-refractivity contribution in [2.75, 3.05) is 20.1 Å². The van der Waals surface area contributed by atoms with Crippen LogP contribution in [0.4, 0.5) is 0 Å². The summed E-state index contributed by atoms with van der Waals surface area (Å²) in [4.78, 5) is 25.0. The maximum atomic E-state index is 11.7. The number of carbonyl (C=O) groups excluding carboxylic acids is 2. The third-order valence-corrected chi connectivity index (χ3v) is 2.93. The standard InChI is InChI=1S/C13H27N3O2/c1-10(9-14)16(5)11(17)7-6-8-15-12(18)13(2,3)4/h10H,6-9,14H2,1-5H3,(H,15,18). The zero-order valence-corrected chi connectivity index (χ0v) is 12.2. The van der Waals surface area contributed by atoms with Crippen LogP contribution in [-0.4, -0.2) is 42.9 Å². The van der Waals surface area contributed by atoms with Gasteiger partial charge in [-0.3, -0.25) is 9.59 Å². The van der Waals surface area contributed by atoms with Gasteiger partial charge in [0.05, 0.1) is 0 Å². The van der Waals surface area contributed by atoms with E-state index in [0.29, 0.717) is 25.9 Å². The molecule has 0 aromatic carbocycles. The number of nitrogens with one attached hydrogen (secondary N) is 1. The van der Waals surface area contributed by atoms with Crippen LogP contribution in [0.3, 0.4) is 0 Å². The lowest BCUT2D eigenvalue weighted by molar-refractivity contribution is -0.132. The molecule has 0 bridgehead atoms. The normalized spacial score (nSPS) is 13.0. The molecule has 0 rings (SSSR count). The second-order valence-electron chi connectivity index (χ2n) is 5.70. The van der Waals surface area contributed by atoms with Gasteiger partial charge in [-0.05, 0) is 13.3 Å². The minimum absolute atomic E-state index is 0.0126. The number of nitrogens with zero attached hydrogens (tertiary/aromatic N) is 1. The highest BCUT2D eigenvalue weighted by molar-refractivity contribution is 5.81. The molecule has 18 heavy (non-hydrogen) atoms. The summed E-state index contributed by atoms with van der Waals surface area (Å²) >= 11 is 0. The largest absolute Gasteiger partial charge is 0.356 e. The zero-order chi connectivity index (χ0) is 14.3. The Morgan fingerprint density at radius 3 is 2.33 bits per heavy atom. The molecule has 0 aliphatic rings. The lowest BCUT2D eigenvalue weighted by Gasteiger charge is -2.23. The van der Waals surface area contributed by atoms with Crippen molar-refractivity contribution in [3.8, 4) is 0 Å². The Morgan fingerprint density at radius 1 is 1.33 bits per heavy atom. The van der Waals surface area contributed by atoms with Gasteiger partial charge in [-0.2, -0.15) is 0 Å². The minimum Gasteiger partial charge on any atom is -0.356 e. The van der Waals surface area contributed by atoms with Gasteiger partial charge in [0.25, 0.3) is 0 Å². The average Bonchev–Trinajstić information content (AvgIpc) is 2.30. The number of carbonyl (C=O) groups is 2. The fourth-order valence-electron chi connectivity index (χ4n) is 1.29. The predicted octanol–water partition coefficient (Wildman–Crippen LogP) is 0.735. The SMILES string of the molecule is CC(CN)N(C)C(=O)CCCNC(=O)C(C)(C)C. The van der Waals surface area contributed by atoms with E-state index in [1.165, 1.54) is 0 Å². The van der Waals surface area contributed by atoms with Crippen LogP contribution in [0, 0.1) is 5.41 Å². The molecule has 0 aliphatic carbocycles. The van der Waals surface area contributed by atoms with Crippen LogP contribution < -0.4 is 11.1 Å². The zero-order valence-electron chi connectivity index (χ0n) is 12.2. The number of amides is 2. The Labute approximate surface area is 110 Å². The second kappa shape index (κ2) is 7.36. The van der Waals surface area contributed by atoms with Crippen molar-refractivity contribution in [3.05, 3.63) is 0 Å². The van der Waals surface area contributed by atoms with E-state index in [1.807, 2.05) is 27.7 Å². The molecular formula is C13H27N3O2. The van der Waals surface area contributed by atoms with Crippen molar-refractivity contribution < 1.29 is 9.59 Å². The quantitative estimate of drug-likeness (QED) is 0.689. The van der Waals surface area contributed by atoms with E-state index >= 15 is 0 Å². The molecule has 1 atom stereocenters. The van der Waals surface area contributed by atoms with Gasteiger partial charge in [0.15, 0.2) is 0 Å². The molecule has 0 fully saturated rings. The third-order valence-electron chi connectivity index (χ3n) is 2.93. The molecule has 3 N–H and O–H groups in total. The molecule has 0 radical (unpaired) electrons. The number of hydrogen-bond donors (Lipinski definition) is 2. The Balaban J connectivity index is 3.86. The first-order valence-corrected chi connectivity index (χ1v) is 6.44. The highest BCUT2D eigenvalue weighted by Gasteiger charge is 2.20. The number of likely N-dealkylation sites (N-methyl/N-ethyl adjacent to an activating group) is 1.